The van der Waals surface area contributed by atoms with Crippen LogP contribution in [-0.2, 0) is 4.57 Å². The Bertz CT molecular complexity index is 122. The van der Waals surface area contributed by atoms with Crippen LogP contribution in [0.3, 0.4) is 0 Å². The number of nitrogens with two attached hydrogens (primary N) is 1. The van der Waals surface area contributed by atoms with Crippen LogP contribution in [0.2, 0.25) is 0 Å². The number of hydrogen-bond donors (Lipinski definition) is 1. The summed E-state index contributed by atoms with van der Waals surface area (Å²) < 4.78 is 8.55. The third-order valence-corrected chi connectivity index (χ3v) is 0.263. The van der Waals surface area contributed by atoms with Gasteiger partial charge in [-0.05, 0) is 6.08 Å². The van der Waals surface area contributed by atoms with Gasteiger partial charge < -0.3 is 29.9 Å². The van der Waals surface area contributed by atoms with E-state index in [9.17, 15) is 5.21 Å². The molecule has 6 nitrogen and oxygen atoms in total. The number of hydrogen-bond acceptors (Lipinski definition) is 5. The summed E-state index contributed by atoms with van der Waals surface area (Å²) >= 11 is 0. The fourth-order valence-electron chi connectivity index (χ4n) is 0.0680. The largest absolute Gasteiger partial charge is 1.00 e. The third-order valence-electron chi connectivity index (χ3n) is 0.263. The van der Waals surface area contributed by atoms with Crippen molar-refractivity contribution in [3.05, 3.63) is 17.9 Å². The Labute approximate surface area is 205 Å². The first-order valence-corrected chi connectivity index (χ1v) is 3.65. The molecule has 0 fully saturated rings. The molecule has 0 radical (unpaired) electrons. The zero-order valence-electron chi connectivity index (χ0n) is 8.06. The van der Waals surface area contributed by atoms with Gasteiger partial charge in [0.2, 0.25) is 0 Å². The molecular weight excluding hydrogens is 278 g/mol. The Kier molecular flexibility index (Phi) is 51.6. The van der Waals surface area contributed by atoms with Crippen LogP contribution in [-0.4, -0.2) is 6.54 Å². The number of rotatable bonds is 2. The van der Waals surface area contributed by atoms with Crippen molar-refractivity contribution in [1.29, 1.82) is 0 Å². The van der Waals surface area contributed by atoms with E-state index in [2.05, 4.69) is 6.58 Å². The van der Waals surface area contributed by atoms with E-state index in [0.717, 1.165) is 5.48 Å². The van der Waals surface area contributed by atoms with Crippen LogP contribution in [0.1, 0.15) is 0 Å². The Morgan fingerprint density at radius 3 is 1.46 bits per heavy atom. The second-order valence-corrected chi connectivity index (χ2v) is 2.03. The zero-order valence-corrected chi connectivity index (χ0v) is 18.3. The summed E-state index contributed by atoms with van der Waals surface area (Å²) in [4.78, 5) is 25.6. The molecule has 0 aromatic rings. The topological polar surface area (TPSA) is 126 Å². The maximum Gasteiger partial charge on any atom is 1.00 e. The van der Waals surface area contributed by atoms with Crippen molar-refractivity contribution in [2.45, 2.75) is 0 Å². The van der Waals surface area contributed by atoms with E-state index in [1.807, 2.05) is 0 Å². The standard InChI is InChI=1S/C3H7NO.3K.H3O4P/c1-2-3-4-5;;;;1-5(2,3)4/h2H,1,3-4H2;;;;(H3,1,2,3,4)/q;3*+1;/p-3. The molecule has 0 saturated carbocycles. The van der Waals surface area contributed by atoms with Gasteiger partial charge in [-0.25, -0.2) is 0 Å². The minimum Gasteiger partial charge on any atom is -0.822 e. The van der Waals surface area contributed by atoms with Crippen molar-refractivity contribution < 1.29 is 179 Å². The quantitative estimate of drug-likeness (QED) is 0.233. The van der Waals surface area contributed by atoms with Crippen molar-refractivity contribution in [2.75, 3.05) is 6.54 Å². The molecule has 13 heavy (non-hydrogen) atoms. The molecule has 0 heterocycles. The van der Waals surface area contributed by atoms with Gasteiger partial charge >= 0.3 is 154 Å². The normalized spacial score (nSPS) is 7.38. The number of phosphoric acid groups is 1. The monoisotopic (exact) mass is 285 g/mol. The molecule has 0 amide bonds. The average molecular weight is 285 g/mol. The van der Waals surface area contributed by atoms with Gasteiger partial charge in [-0.1, -0.05) is 6.58 Å². The van der Waals surface area contributed by atoms with Gasteiger partial charge in [0.05, 0.1) is 6.54 Å². The zero-order chi connectivity index (χ0) is 8.62. The molecule has 2 N–H and O–H groups in total. The summed E-state index contributed by atoms with van der Waals surface area (Å²) in [5.41, 5.74) is 0.812. The average Bonchev–Trinajstić information content (AvgIpc) is 1.63. The Hall–Kier alpha value is 4.68. The number of hydroxylamine groups is 1. The van der Waals surface area contributed by atoms with E-state index in [0.29, 0.717) is 6.54 Å². The molecular formula is C3H7K3NO5P. The van der Waals surface area contributed by atoms with Gasteiger partial charge in [0.15, 0.2) is 0 Å². The van der Waals surface area contributed by atoms with Gasteiger partial charge in [-0.2, -0.15) is 7.82 Å². The predicted molar refractivity (Wildman–Crippen MR) is 28.0 cm³/mol. The molecule has 0 aromatic heterocycles. The first-order chi connectivity index (χ1) is 4.41. The molecule has 0 aliphatic rings. The van der Waals surface area contributed by atoms with Crippen molar-refractivity contribution in [2.24, 2.45) is 0 Å². The van der Waals surface area contributed by atoms with Crippen molar-refractivity contribution in [3.8, 4) is 0 Å². The van der Waals surface area contributed by atoms with Crippen LogP contribution in [0.5, 0.6) is 0 Å². The minimum atomic E-state index is -5.39. The molecule has 62 valence electrons. The summed E-state index contributed by atoms with van der Waals surface area (Å²) in [5, 5.41) is 9.33. The molecule has 0 bridgehead atoms. The Morgan fingerprint density at radius 2 is 1.46 bits per heavy atom. The fraction of sp³-hybridized carbons (Fsp3) is 0.333. The first kappa shape index (κ1) is 30.6. The van der Waals surface area contributed by atoms with Crippen LogP contribution in [0.25, 0.3) is 0 Å². The summed E-state index contributed by atoms with van der Waals surface area (Å²) in [5.74, 6) is 0. The van der Waals surface area contributed by atoms with Gasteiger partial charge in [-0.15, -0.1) is 0 Å². The van der Waals surface area contributed by atoms with Gasteiger partial charge in [0.1, 0.15) is 0 Å². The summed E-state index contributed by atoms with van der Waals surface area (Å²) in [7, 11) is -5.39. The molecule has 0 rings (SSSR count). The second kappa shape index (κ2) is 21.9. The van der Waals surface area contributed by atoms with Crippen molar-refractivity contribution in [3.63, 3.8) is 0 Å². The van der Waals surface area contributed by atoms with Crippen LogP contribution in [0.15, 0.2) is 12.7 Å². The third kappa shape index (κ3) is 80.6. The molecule has 0 spiro atoms. The Morgan fingerprint density at radius 1 is 1.23 bits per heavy atom. The van der Waals surface area contributed by atoms with Crippen LogP contribution < -0.4 is 174 Å². The molecule has 0 aliphatic heterocycles. The van der Waals surface area contributed by atoms with E-state index in [1.165, 1.54) is 0 Å². The van der Waals surface area contributed by atoms with E-state index < -0.39 is 7.82 Å². The van der Waals surface area contributed by atoms with Gasteiger partial charge in [0, 0.05) is 0 Å². The smallest absolute Gasteiger partial charge is 0.822 e. The van der Waals surface area contributed by atoms with Crippen LogP contribution in [0, 0.1) is 5.21 Å². The summed E-state index contributed by atoms with van der Waals surface area (Å²) in [6.07, 6.45) is 1.56. The molecule has 0 aromatic carbocycles. The number of quaternary nitrogens is 1. The van der Waals surface area contributed by atoms with Crippen molar-refractivity contribution >= 4 is 7.82 Å². The van der Waals surface area contributed by atoms with Crippen LogP contribution in [0.4, 0.5) is 0 Å². The minimum absolute atomic E-state index is 0. The molecule has 0 aliphatic carbocycles. The molecule has 0 atom stereocenters. The first-order valence-electron chi connectivity index (χ1n) is 2.19. The van der Waals surface area contributed by atoms with Gasteiger partial charge in [-0.3, -0.25) is 0 Å². The maximum atomic E-state index is 9.33. The van der Waals surface area contributed by atoms with E-state index in [4.69, 9.17) is 19.2 Å². The molecule has 10 heteroatoms. The van der Waals surface area contributed by atoms with E-state index in [-0.39, 0.29) is 154 Å². The second-order valence-electron chi connectivity index (χ2n) is 1.14. The van der Waals surface area contributed by atoms with Crippen molar-refractivity contribution in [1.82, 2.24) is 0 Å². The van der Waals surface area contributed by atoms with E-state index >= 15 is 0 Å². The maximum absolute atomic E-state index is 9.33. The van der Waals surface area contributed by atoms with Crippen LogP contribution >= 0.6 is 7.82 Å². The fourth-order valence-corrected chi connectivity index (χ4v) is 0.0680. The Balaban J connectivity index is -0.0000000267. The summed E-state index contributed by atoms with van der Waals surface area (Å²) in [6, 6.07) is 0. The summed E-state index contributed by atoms with van der Waals surface area (Å²) in [6.45, 7) is 3.79. The molecule has 0 unspecified atom stereocenters. The van der Waals surface area contributed by atoms with E-state index in [1.54, 1.807) is 6.08 Å². The SMILES string of the molecule is C=CC[NH2+][O-].O=P([O-])([O-])[O-].[K+].[K+].[K+]. The predicted octanol–water partition coefficient (Wildman–Crippen LogP) is -12.6. The van der Waals surface area contributed by atoms with Gasteiger partial charge in [0.25, 0.3) is 0 Å². The molecule has 0 saturated heterocycles.